The Morgan fingerprint density at radius 2 is 1.80 bits per heavy atom. The molecule has 2 fully saturated rings. The number of pyridine rings is 1. The number of fused-ring (bicyclic) bond motifs is 1. The van der Waals surface area contributed by atoms with Crippen LogP contribution >= 0.6 is 12.4 Å². The molecule has 190 valence electrons. The van der Waals surface area contributed by atoms with Crippen molar-refractivity contribution in [3.63, 3.8) is 0 Å². The van der Waals surface area contributed by atoms with E-state index in [1.807, 2.05) is 12.3 Å². The monoisotopic (exact) mass is 519 g/mol. The van der Waals surface area contributed by atoms with Crippen molar-refractivity contribution in [2.75, 3.05) is 43.7 Å². The van der Waals surface area contributed by atoms with Crippen molar-refractivity contribution < 1.29 is 8.42 Å². The third kappa shape index (κ3) is 5.54. The molecule has 9 nitrogen and oxygen atoms in total. The van der Waals surface area contributed by atoms with Gasteiger partial charge in [0.1, 0.15) is 16.5 Å². The molecular formula is C24H34ClN7O2S. The average molecular weight is 520 g/mol. The minimum atomic E-state index is -3.36. The van der Waals surface area contributed by atoms with E-state index in [1.165, 1.54) is 6.26 Å². The normalized spacial score (nSPS) is 17.8. The molecule has 0 radical (unpaired) electrons. The number of halogens is 1. The zero-order valence-electron chi connectivity index (χ0n) is 20.5. The first kappa shape index (κ1) is 25.7. The molecule has 5 rings (SSSR count). The molecule has 0 unspecified atom stereocenters. The Hall–Kier alpha value is -2.43. The highest BCUT2D eigenvalue weighted by Gasteiger charge is 2.25. The van der Waals surface area contributed by atoms with E-state index in [9.17, 15) is 8.42 Å². The number of aromatic amines is 1. The lowest BCUT2D eigenvalue weighted by atomic mass is 10.0. The van der Waals surface area contributed by atoms with Crippen LogP contribution < -0.4 is 10.2 Å². The number of hydrogen-bond acceptors (Lipinski definition) is 8. The zero-order chi connectivity index (χ0) is 23.9. The molecule has 1 aliphatic carbocycles. The summed E-state index contributed by atoms with van der Waals surface area (Å²) in [5, 5.41) is 4.20. The van der Waals surface area contributed by atoms with E-state index in [-0.39, 0.29) is 17.4 Å². The molecule has 0 spiro atoms. The van der Waals surface area contributed by atoms with Gasteiger partial charge in [-0.25, -0.2) is 18.4 Å². The number of piperidine rings is 1. The number of rotatable bonds is 6. The van der Waals surface area contributed by atoms with Gasteiger partial charge in [0.2, 0.25) is 5.95 Å². The highest BCUT2D eigenvalue weighted by Crippen LogP contribution is 2.37. The number of nitrogens with one attached hydrogen (secondary N) is 2. The number of hydrogen-bond donors (Lipinski definition) is 2. The summed E-state index contributed by atoms with van der Waals surface area (Å²) in [4.78, 5) is 21.7. The Bertz CT molecular complexity index is 1260. The summed E-state index contributed by atoms with van der Waals surface area (Å²) >= 11 is 0. The molecule has 0 amide bonds. The summed E-state index contributed by atoms with van der Waals surface area (Å²) in [5.41, 5.74) is 2.57. The fraction of sp³-hybridized carbons (Fsp3) is 0.542. The maximum atomic E-state index is 12.1. The maximum absolute atomic E-state index is 12.1. The first-order valence-corrected chi connectivity index (χ1v) is 13.9. The molecule has 1 saturated carbocycles. The molecule has 1 saturated heterocycles. The van der Waals surface area contributed by atoms with Crippen LogP contribution in [0.1, 0.15) is 50.1 Å². The van der Waals surface area contributed by atoms with Gasteiger partial charge >= 0.3 is 0 Å². The SMILES string of the molecule is CN(C)C1CCN(c2ccc(Nc3nc(C4CCCC4)c4cc(S(C)(=O)=O)[nH]c4n3)nc2)CC1.Cl. The van der Waals surface area contributed by atoms with Gasteiger partial charge in [-0.15, -0.1) is 12.4 Å². The van der Waals surface area contributed by atoms with Gasteiger partial charge in [0.05, 0.1) is 17.6 Å². The standard InChI is InChI=1S/C24H33N7O2S.ClH/c1-30(2)17-10-12-31(13-11-17)18-8-9-20(25-15-18)26-24-28-22(16-6-4-5-7-16)19-14-21(34(3,32)33)27-23(19)29-24;/h8-9,14-17H,4-7,10-13H2,1-3H3,(H2,25,26,27,28,29);1H. The molecule has 11 heteroatoms. The van der Waals surface area contributed by atoms with E-state index in [2.05, 4.69) is 50.2 Å². The Kier molecular flexibility index (Phi) is 7.54. The molecular weight excluding hydrogens is 486 g/mol. The fourth-order valence-corrected chi connectivity index (χ4v) is 5.79. The first-order chi connectivity index (χ1) is 16.3. The third-order valence-corrected chi connectivity index (χ3v) is 8.20. The van der Waals surface area contributed by atoms with E-state index in [1.54, 1.807) is 6.07 Å². The quantitative estimate of drug-likeness (QED) is 0.501. The molecule has 0 aromatic carbocycles. The highest BCUT2D eigenvalue weighted by atomic mass is 35.5. The van der Waals surface area contributed by atoms with Crippen LogP contribution in [0.5, 0.6) is 0 Å². The van der Waals surface area contributed by atoms with Gasteiger partial charge < -0.3 is 20.1 Å². The van der Waals surface area contributed by atoms with Gasteiger partial charge in [-0.3, -0.25) is 0 Å². The second-order valence-corrected chi connectivity index (χ2v) is 11.8. The van der Waals surface area contributed by atoms with Crippen LogP contribution in [0, 0.1) is 0 Å². The van der Waals surface area contributed by atoms with Crippen molar-refractivity contribution in [3.05, 3.63) is 30.1 Å². The van der Waals surface area contributed by atoms with Crippen LogP contribution in [0.4, 0.5) is 17.5 Å². The summed E-state index contributed by atoms with van der Waals surface area (Å²) in [7, 11) is 0.932. The molecule has 3 aromatic heterocycles. The van der Waals surface area contributed by atoms with E-state index >= 15 is 0 Å². The summed E-state index contributed by atoms with van der Waals surface area (Å²) < 4.78 is 24.2. The largest absolute Gasteiger partial charge is 0.370 e. The molecule has 0 atom stereocenters. The van der Waals surface area contributed by atoms with Crippen molar-refractivity contribution in [1.82, 2.24) is 24.8 Å². The second-order valence-electron chi connectivity index (χ2n) is 9.79. The molecule has 35 heavy (non-hydrogen) atoms. The number of nitrogens with zero attached hydrogens (tertiary/aromatic N) is 5. The van der Waals surface area contributed by atoms with Crippen LogP contribution in [0.25, 0.3) is 11.0 Å². The Morgan fingerprint density at radius 1 is 1.09 bits per heavy atom. The molecule has 1 aliphatic heterocycles. The van der Waals surface area contributed by atoms with Gasteiger partial charge in [-0.2, -0.15) is 4.98 Å². The summed E-state index contributed by atoms with van der Waals surface area (Å²) in [6.45, 7) is 2.05. The van der Waals surface area contributed by atoms with Crippen LogP contribution in [-0.2, 0) is 9.84 Å². The predicted octanol–water partition coefficient (Wildman–Crippen LogP) is 4.11. The summed E-state index contributed by atoms with van der Waals surface area (Å²) in [6, 6.07) is 6.35. The lowest BCUT2D eigenvalue weighted by molar-refractivity contribution is 0.249. The van der Waals surface area contributed by atoms with Crippen molar-refractivity contribution >= 4 is 50.7 Å². The van der Waals surface area contributed by atoms with Crippen molar-refractivity contribution in [3.8, 4) is 0 Å². The molecule has 0 bridgehead atoms. The molecule has 4 heterocycles. The van der Waals surface area contributed by atoms with E-state index in [0.717, 1.165) is 68.4 Å². The van der Waals surface area contributed by atoms with Gasteiger partial charge in [0, 0.05) is 36.7 Å². The Balaban J connectivity index is 0.00000289. The van der Waals surface area contributed by atoms with E-state index in [0.29, 0.717) is 29.4 Å². The molecule has 2 aliphatic rings. The van der Waals surface area contributed by atoms with Gasteiger partial charge in [-0.05, 0) is 58.0 Å². The van der Waals surface area contributed by atoms with E-state index < -0.39 is 9.84 Å². The number of aromatic nitrogens is 4. The van der Waals surface area contributed by atoms with E-state index in [4.69, 9.17) is 4.98 Å². The predicted molar refractivity (Wildman–Crippen MR) is 142 cm³/mol. The number of sulfone groups is 1. The van der Waals surface area contributed by atoms with Gasteiger partial charge in [0.25, 0.3) is 0 Å². The van der Waals surface area contributed by atoms with Gasteiger partial charge in [-0.1, -0.05) is 12.8 Å². The maximum Gasteiger partial charge on any atom is 0.230 e. The minimum Gasteiger partial charge on any atom is -0.370 e. The summed E-state index contributed by atoms with van der Waals surface area (Å²) in [6.07, 6.45) is 9.84. The lowest BCUT2D eigenvalue weighted by Crippen LogP contribution is -2.42. The summed E-state index contributed by atoms with van der Waals surface area (Å²) in [5.74, 6) is 1.41. The Labute approximate surface area is 213 Å². The highest BCUT2D eigenvalue weighted by molar-refractivity contribution is 7.90. The van der Waals surface area contributed by atoms with Crippen LogP contribution in [0.15, 0.2) is 29.4 Å². The zero-order valence-corrected chi connectivity index (χ0v) is 22.1. The second kappa shape index (κ2) is 10.3. The third-order valence-electron chi connectivity index (χ3n) is 7.18. The number of H-pyrrole nitrogens is 1. The van der Waals surface area contributed by atoms with Crippen LogP contribution in [0.2, 0.25) is 0 Å². The lowest BCUT2D eigenvalue weighted by Gasteiger charge is -2.36. The molecule has 3 aromatic rings. The van der Waals surface area contributed by atoms with Crippen molar-refractivity contribution in [2.24, 2.45) is 0 Å². The Morgan fingerprint density at radius 3 is 2.40 bits per heavy atom. The molecule has 2 N–H and O–H groups in total. The van der Waals surface area contributed by atoms with Crippen LogP contribution in [-0.4, -0.2) is 72.7 Å². The smallest absolute Gasteiger partial charge is 0.230 e. The van der Waals surface area contributed by atoms with Crippen molar-refractivity contribution in [1.29, 1.82) is 0 Å². The first-order valence-electron chi connectivity index (χ1n) is 12.0. The topological polar surface area (TPSA) is 107 Å². The van der Waals surface area contributed by atoms with Crippen molar-refractivity contribution in [2.45, 2.75) is 55.5 Å². The minimum absolute atomic E-state index is 0. The van der Waals surface area contributed by atoms with Crippen LogP contribution in [0.3, 0.4) is 0 Å². The number of anilines is 3. The fourth-order valence-electron chi connectivity index (χ4n) is 5.18. The average Bonchev–Trinajstić information content (AvgIpc) is 3.49. The van der Waals surface area contributed by atoms with Gasteiger partial charge in [0.15, 0.2) is 9.84 Å².